The van der Waals surface area contributed by atoms with Crippen LogP contribution < -0.4 is 0 Å². The normalized spacial score (nSPS) is 17.5. The summed E-state index contributed by atoms with van der Waals surface area (Å²) >= 11 is 0. The van der Waals surface area contributed by atoms with Crippen LogP contribution in [-0.4, -0.2) is 25.2 Å². The van der Waals surface area contributed by atoms with Crippen molar-refractivity contribution in [3.05, 3.63) is 42.0 Å². The van der Waals surface area contributed by atoms with Crippen LogP contribution in [0.2, 0.25) is 0 Å². The molecule has 4 nitrogen and oxygen atoms in total. The van der Waals surface area contributed by atoms with Crippen LogP contribution in [0.15, 0.2) is 41.3 Å². The van der Waals surface area contributed by atoms with Crippen molar-refractivity contribution in [3.63, 3.8) is 0 Å². The summed E-state index contributed by atoms with van der Waals surface area (Å²) in [6.45, 7) is 11.1. The molecule has 1 aromatic carbocycles. The third-order valence-electron chi connectivity index (χ3n) is 4.03. The average molecular weight is 349 g/mol. The lowest BCUT2D eigenvalue weighted by Gasteiger charge is -2.31. The van der Waals surface area contributed by atoms with Gasteiger partial charge >= 0.3 is 0 Å². The summed E-state index contributed by atoms with van der Waals surface area (Å²) in [5.41, 5.74) is 0.637. The number of hydrogen-bond donors (Lipinski definition) is 0. The molecular formula is C19H27NO3S. The van der Waals surface area contributed by atoms with Crippen molar-refractivity contribution in [2.24, 2.45) is 10.8 Å². The third kappa shape index (κ3) is 4.07. The molecule has 24 heavy (non-hydrogen) atoms. The van der Waals surface area contributed by atoms with Gasteiger partial charge in [0.05, 0.1) is 12.1 Å². The first-order valence-electron chi connectivity index (χ1n) is 8.25. The Balaban J connectivity index is 2.05. The summed E-state index contributed by atoms with van der Waals surface area (Å²) in [5.74, 6) is -0.441. The average Bonchev–Trinajstić information content (AvgIpc) is 2.61. The molecule has 0 unspecified atom stereocenters. The molecule has 0 saturated heterocycles. The molecule has 0 aromatic heterocycles. The van der Waals surface area contributed by atoms with Crippen molar-refractivity contribution < 1.29 is 13.2 Å². The summed E-state index contributed by atoms with van der Waals surface area (Å²) in [7, 11) is -3.71. The monoisotopic (exact) mass is 349 g/mol. The van der Waals surface area contributed by atoms with Crippen LogP contribution in [-0.2, 0) is 10.0 Å². The largest absolute Gasteiger partial charge is 0.269 e. The number of amides is 1. The Morgan fingerprint density at radius 3 is 2.25 bits per heavy atom. The van der Waals surface area contributed by atoms with Crippen molar-refractivity contribution >= 4 is 15.9 Å². The van der Waals surface area contributed by atoms with Crippen LogP contribution in [0.1, 0.15) is 57.8 Å². The van der Waals surface area contributed by atoms with Gasteiger partial charge in [-0.1, -0.05) is 58.9 Å². The van der Waals surface area contributed by atoms with Crippen LogP contribution in [0.5, 0.6) is 0 Å². The maximum absolute atomic E-state index is 12.4. The fourth-order valence-corrected chi connectivity index (χ4v) is 5.01. The molecule has 0 bridgehead atoms. The highest BCUT2D eigenvalue weighted by molar-refractivity contribution is 7.90. The molecule has 1 amide bonds. The number of fused-ring (bicyclic) bond motifs is 1. The van der Waals surface area contributed by atoms with Crippen molar-refractivity contribution in [1.29, 1.82) is 0 Å². The van der Waals surface area contributed by atoms with E-state index in [9.17, 15) is 13.2 Å². The highest BCUT2D eigenvalue weighted by Crippen LogP contribution is 2.36. The van der Waals surface area contributed by atoms with E-state index >= 15 is 0 Å². The predicted molar refractivity (Wildman–Crippen MR) is 96.3 cm³/mol. The second kappa shape index (κ2) is 6.36. The van der Waals surface area contributed by atoms with Gasteiger partial charge in [0.1, 0.15) is 4.90 Å². The first-order valence-corrected chi connectivity index (χ1v) is 9.69. The van der Waals surface area contributed by atoms with Gasteiger partial charge in [0.15, 0.2) is 0 Å². The third-order valence-corrected chi connectivity index (χ3v) is 5.84. The fraction of sp³-hybridized carbons (Fsp3) is 0.526. The molecule has 0 N–H and O–H groups in total. The number of carbonyl (C=O) groups is 1. The van der Waals surface area contributed by atoms with E-state index in [-0.39, 0.29) is 27.8 Å². The SMILES string of the molecule is CC(C)(C)CC(C)(C)CC=CCN1C(=O)c2ccccc2S1(=O)=O. The van der Waals surface area contributed by atoms with Crippen LogP contribution >= 0.6 is 0 Å². The smallest absolute Gasteiger partial charge is 0.268 e. The molecular weight excluding hydrogens is 322 g/mol. The summed E-state index contributed by atoms with van der Waals surface area (Å²) in [5, 5.41) is 0. The Morgan fingerprint density at radius 1 is 1.04 bits per heavy atom. The van der Waals surface area contributed by atoms with Gasteiger partial charge in [0.25, 0.3) is 15.9 Å². The summed E-state index contributed by atoms with van der Waals surface area (Å²) in [6, 6.07) is 6.36. The highest BCUT2D eigenvalue weighted by atomic mass is 32.2. The molecule has 132 valence electrons. The van der Waals surface area contributed by atoms with Gasteiger partial charge in [0.2, 0.25) is 0 Å². The topological polar surface area (TPSA) is 54.5 Å². The van der Waals surface area contributed by atoms with Gasteiger partial charge in [-0.25, -0.2) is 12.7 Å². The first kappa shape index (κ1) is 18.7. The molecule has 0 spiro atoms. The van der Waals surface area contributed by atoms with Crippen LogP contribution in [0.3, 0.4) is 0 Å². The van der Waals surface area contributed by atoms with Crippen molar-refractivity contribution in [1.82, 2.24) is 4.31 Å². The van der Waals surface area contributed by atoms with Gasteiger partial charge in [0, 0.05) is 0 Å². The Labute approximate surface area is 145 Å². The van der Waals surface area contributed by atoms with E-state index in [0.717, 1.165) is 17.1 Å². The predicted octanol–water partition coefficient (Wildman–Crippen LogP) is 4.24. The van der Waals surface area contributed by atoms with E-state index in [2.05, 4.69) is 34.6 Å². The molecule has 5 heteroatoms. The van der Waals surface area contributed by atoms with Gasteiger partial charge in [-0.15, -0.1) is 0 Å². The molecule has 2 rings (SSSR count). The zero-order valence-corrected chi connectivity index (χ0v) is 16.0. The number of sulfonamides is 1. The minimum absolute atomic E-state index is 0.0848. The van der Waals surface area contributed by atoms with Crippen LogP contribution in [0.4, 0.5) is 0 Å². The Hall–Kier alpha value is -1.62. The first-order chi connectivity index (χ1) is 10.9. The zero-order valence-electron chi connectivity index (χ0n) is 15.2. The van der Waals surface area contributed by atoms with E-state index in [1.807, 2.05) is 6.08 Å². The number of hydrogen-bond acceptors (Lipinski definition) is 3. The quantitative estimate of drug-likeness (QED) is 0.747. The second-order valence-electron chi connectivity index (χ2n) is 8.41. The zero-order chi connectivity index (χ0) is 18.2. The van der Waals surface area contributed by atoms with Gasteiger partial charge in [-0.3, -0.25) is 4.79 Å². The Kier molecular flexibility index (Phi) is 4.96. The molecule has 0 saturated carbocycles. The van der Waals surface area contributed by atoms with E-state index in [0.29, 0.717) is 0 Å². The van der Waals surface area contributed by atoms with E-state index in [1.165, 1.54) is 6.07 Å². The van der Waals surface area contributed by atoms with Crippen molar-refractivity contribution in [3.8, 4) is 0 Å². The molecule has 1 aliphatic rings. The number of allylic oxidation sites excluding steroid dienone is 1. The van der Waals surface area contributed by atoms with Gasteiger partial charge < -0.3 is 0 Å². The van der Waals surface area contributed by atoms with E-state index in [1.54, 1.807) is 24.3 Å². The lowest BCUT2D eigenvalue weighted by molar-refractivity contribution is 0.0880. The number of benzene rings is 1. The summed E-state index contributed by atoms with van der Waals surface area (Å²) < 4.78 is 25.8. The minimum atomic E-state index is -3.71. The van der Waals surface area contributed by atoms with Crippen molar-refractivity contribution in [2.45, 2.75) is 52.4 Å². The second-order valence-corrected chi connectivity index (χ2v) is 10.2. The fourth-order valence-electron chi connectivity index (χ4n) is 3.49. The van der Waals surface area contributed by atoms with Gasteiger partial charge in [-0.05, 0) is 35.8 Å². The standard InChI is InChI=1S/C19H27NO3S/c1-18(2,3)14-19(4,5)12-8-9-13-20-17(21)15-10-6-7-11-16(15)24(20,22)23/h6-11H,12-14H2,1-5H3. The Morgan fingerprint density at radius 2 is 1.67 bits per heavy atom. The molecule has 1 aliphatic heterocycles. The molecule has 0 radical (unpaired) electrons. The molecule has 1 aromatic rings. The number of carbonyl (C=O) groups excluding carboxylic acids is 1. The molecule has 0 atom stereocenters. The summed E-state index contributed by atoms with van der Waals surface area (Å²) in [4.78, 5) is 12.4. The van der Waals surface area contributed by atoms with Crippen molar-refractivity contribution in [2.75, 3.05) is 6.54 Å². The molecule has 0 fully saturated rings. The van der Waals surface area contributed by atoms with E-state index < -0.39 is 15.9 Å². The highest BCUT2D eigenvalue weighted by Gasteiger charge is 2.40. The van der Waals surface area contributed by atoms with Crippen LogP contribution in [0.25, 0.3) is 0 Å². The van der Waals surface area contributed by atoms with Gasteiger partial charge in [-0.2, -0.15) is 0 Å². The lowest BCUT2D eigenvalue weighted by Crippen LogP contribution is -2.30. The summed E-state index contributed by atoms with van der Waals surface area (Å²) in [6.07, 6.45) is 5.68. The van der Waals surface area contributed by atoms with E-state index in [4.69, 9.17) is 0 Å². The maximum Gasteiger partial charge on any atom is 0.269 e. The maximum atomic E-state index is 12.4. The number of nitrogens with zero attached hydrogens (tertiary/aromatic N) is 1. The number of rotatable bonds is 5. The molecule has 0 aliphatic carbocycles. The lowest BCUT2D eigenvalue weighted by atomic mass is 9.74. The van der Waals surface area contributed by atoms with Crippen LogP contribution in [0, 0.1) is 10.8 Å². The minimum Gasteiger partial charge on any atom is -0.268 e. The Bertz CT molecular complexity index is 755. The molecule has 1 heterocycles.